The fraction of sp³-hybridized carbons (Fsp3) is 0.217. The lowest BCUT2D eigenvalue weighted by Crippen LogP contribution is -2.33. The molecule has 0 aromatic carbocycles. The molecule has 4 N–H and O–H groups in total. The molecule has 1 aliphatic rings. The topological polar surface area (TPSA) is 346 Å². The number of nitrogens with two attached hydrogens (primary N) is 1. The van der Waals surface area contributed by atoms with Crippen molar-refractivity contribution in [2.24, 2.45) is 0 Å². The van der Waals surface area contributed by atoms with Crippen LogP contribution >= 0.6 is 58.0 Å². The van der Waals surface area contributed by atoms with Crippen molar-refractivity contribution in [2.45, 2.75) is 122 Å². The molecule has 0 amide bonds. The molecule has 628 valence electrons. The van der Waals surface area contributed by atoms with Crippen molar-refractivity contribution >= 4 is 81.2 Å². The smallest absolute Gasteiger partial charge is 0.337 e. The van der Waals surface area contributed by atoms with Gasteiger partial charge in [-0.1, -0.05) is 46.4 Å². The lowest BCUT2D eigenvalue weighted by Gasteiger charge is -2.29. The zero-order valence-corrected chi connectivity index (χ0v) is 70.2. The van der Waals surface area contributed by atoms with Crippen molar-refractivity contribution in [3.05, 3.63) is 328 Å². The van der Waals surface area contributed by atoms with Gasteiger partial charge in [-0.15, -0.1) is 11.6 Å². The Kier molecular flexibility index (Phi) is 33.2. The highest BCUT2D eigenvalue weighted by atomic mass is 35.5. The van der Waals surface area contributed by atoms with E-state index >= 15 is 0 Å². The number of allylic oxidation sites excluding steroid dienone is 1. The number of nitrogens with zero attached hydrogens (tertiary/aromatic N) is 12. The molecular formula is C83H76Cl5F6N13O13. The summed E-state index contributed by atoms with van der Waals surface area (Å²) in [4.78, 5) is 114. The quantitative estimate of drug-likeness (QED) is 0.0317. The number of anilines is 1. The van der Waals surface area contributed by atoms with Gasteiger partial charge in [0.15, 0.2) is 23.2 Å². The fourth-order valence-electron chi connectivity index (χ4n) is 10.9. The molecule has 0 fully saturated rings. The van der Waals surface area contributed by atoms with Crippen molar-refractivity contribution in [3.63, 3.8) is 0 Å². The van der Waals surface area contributed by atoms with Gasteiger partial charge in [-0.25, -0.2) is 51.1 Å². The number of aryl methyl sites for hydroxylation is 9. The van der Waals surface area contributed by atoms with E-state index in [0.29, 0.717) is 73.3 Å². The van der Waals surface area contributed by atoms with E-state index in [0.717, 1.165) is 58.5 Å². The van der Waals surface area contributed by atoms with Crippen LogP contribution in [0, 0.1) is 97.2 Å². The molecule has 0 bridgehead atoms. The number of nitrogen functional groups attached to an aromatic ring is 1. The van der Waals surface area contributed by atoms with E-state index in [-0.39, 0.29) is 109 Å². The molecule has 0 aliphatic carbocycles. The summed E-state index contributed by atoms with van der Waals surface area (Å²) < 4.78 is 104. The molecule has 12 aromatic heterocycles. The fourth-order valence-corrected chi connectivity index (χ4v) is 11.8. The van der Waals surface area contributed by atoms with E-state index < -0.39 is 52.0 Å². The zero-order chi connectivity index (χ0) is 89.1. The molecule has 0 spiro atoms. The minimum Gasteiger partial charge on any atom is -0.508 e. The predicted molar refractivity (Wildman–Crippen MR) is 440 cm³/mol. The van der Waals surface area contributed by atoms with Gasteiger partial charge < -0.3 is 34.9 Å². The Morgan fingerprint density at radius 3 is 1.17 bits per heavy atom. The highest BCUT2D eigenvalue weighted by molar-refractivity contribution is 6.30. The predicted octanol–water partition coefficient (Wildman–Crippen LogP) is 16.6. The van der Waals surface area contributed by atoms with Gasteiger partial charge in [0.1, 0.15) is 108 Å². The highest BCUT2D eigenvalue weighted by Crippen LogP contribution is 2.27. The van der Waals surface area contributed by atoms with E-state index in [2.05, 4.69) is 39.9 Å². The minimum absolute atomic E-state index is 0.0356. The third-order valence-corrected chi connectivity index (χ3v) is 17.6. The monoisotopic (exact) mass is 1750 g/mol. The van der Waals surface area contributed by atoms with Crippen LogP contribution in [-0.4, -0.2) is 91.7 Å². The summed E-state index contributed by atoms with van der Waals surface area (Å²) in [7, 11) is 0. The van der Waals surface area contributed by atoms with E-state index in [1.54, 1.807) is 130 Å². The number of aromatic hydroxyl groups is 2. The summed E-state index contributed by atoms with van der Waals surface area (Å²) in [5.74, 6) is -5.71. The number of cyclic esters (lactones) is 1. The van der Waals surface area contributed by atoms with Gasteiger partial charge in [0, 0.05) is 135 Å². The van der Waals surface area contributed by atoms with Crippen LogP contribution in [0.3, 0.4) is 0 Å². The van der Waals surface area contributed by atoms with Crippen LogP contribution in [0.15, 0.2) is 172 Å². The molecule has 0 saturated carbocycles. The number of alkyl halides is 1. The van der Waals surface area contributed by atoms with E-state index in [1.165, 1.54) is 74.7 Å². The van der Waals surface area contributed by atoms with Gasteiger partial charge in [0.2, 0.25) is 5.79 Å². The molecule has 1 aliphatic heterocycles. The Balaban J connectivity index is 0.000000200. The maximum atomic E-state index is 13.7. The van der Waals surface area contributed by atoms with Gasteiger partial charge in [0.05, 0.1) is 59.0 Å². The molecule has 0 radical (unpaired) electrons. The Morgan fingerprint density at radius 2 is 0.808 bits per heavy atom. The third kappa shape index (κ3) is 26.2. The summed E-state index contributed by atoms with van der Waals surface area (Å²) in [5, 5.41) is 20.4. The number of ketones is 2. The highest BCUT2D eigenvalue weighted by Gasteiger charge is 2.28. The Labute approximate surface area is 706 Å². The molecule has 13 heterocycles. The number of esters is 1. The lowest BCUT2D eigenvalue weighted by molar-refractivity contribution is -0.204. The molecular weight excluding hydrogens is 1680 g/mol. The average molecular weight is 1750 g/mol. The standard InChI is InChI=1S/C20H17F2N3O3.C18H14ClF2N3O2.C14H13ClN2O3.C12H11ClN2O2.C7H10O3.C6H4ClF2N.C6H7ClN2/c1-11-8-23-17(13(3)26)7-19(11)25-12(2)4-15(6-20(25)27)28-10-18-16(22)5-14(21)9-24-18;1-10-7-23-17(19)6-16(10)24-11(2)3-13(5-18(24)25)26-9-15-14(21)4-12(20)8-22-15;1-7-6-16-12(15)5-10(7)17-8(2)4-11(19)13(9(3)18)14(17)20;1-7-6-14-11(13)5-10(7)15-8(2)3-9(16)4-12(15)17;1-5-4-6(8)10-7(2,3)9-5;7-2-6-5(9)1-4(8)3-10-6;1-4-3-9-6(7)2-5(4)8/h4-9H,10H2,1-3H3;3-8H,9H2,1-2H3;4-6,19H,1-3H3;3-6,16H,1-2H3;4H,1-3H3;1,3H,2H2;2-3H,1H3,(H2,8,9). The number of aromatic nitrogens is 12. The van der Waals surface area contributed by atoms with Gasteiger partial charge in [0.25, 0.3) is 22.2 Å². The molecule has 0 atom stereocenters. The number of carbonyl (C=O) groups excluding carboxylic acids is 3. The number of hydrogen-bond donors (Lipinski definition) is 3. The first-order valence-electron chi connectivity index (χ1n) is 35.3. The van der Waals surface area contributed by atoms with Crippen molar-refractivity contribution in [2.75, 3.05) is 5.73 Å². The van der Waals surface area contributed by atoms with Crippen LogP contribution in [0.4, 0.5) is 32.0 Å². The number of ether oxygens (including phenoxy) is 4. The minimum atomic E-state index is -0.825. The summed E-state index contributed by atoms with van der Waals surface area (Å²) in [6.07, 6.45) is 12.0. The van der Waals surface area contributed by atoms with Gasteiger partial charge >= 0.3 is 5.97 Å². The average Bonchev–Trinajstić information content (AvgIpc) is 0.810. The molecule has 26 nitrogen and oxygen atoms in total. The second-order valence-corrected chi connectivity index (χ2v) is 28.4. The lowest BCUT2D eigenvalue weighted by atomic mass is 10.1. The van der Waals surface area contributed by atoms with Gasteiger partial charge in [-0.2, -0.15) is 0 Å². The van der Waals surface area contributed by atoms with E-state index in [1.807, 2.05) is 20.8 Å². The van der Waals surface area contributed by atoms with Gasteiger partial charge in [-0.3, -0.25) is 67.0 Å². The van der Waals surface area contributed by atoms with Crippen LogP contribution in [0.2, 0.25) is 20.6 Å². The second-order valence-electron chi connectivity index (χ2n) is 26.6. The first-order chi connectivity index (χ1) is 56.3. The molecule has 13 rings (SSSR count). The van der Waals surface area contributed by atoms with E-state index in [9.17, 15) is 70.1 Å². The van der Waals surface area contributed by atoms with Crippen molar-refractivity contribution in [1.82, 2.24) is 58.1 Å². The molecule has 0 saturated heterocycles. The maximum Gasteiger partial charge on any atom is 0.337 e. The number of halogens is 11. The summed E-state index contributed by atoms with van der Waals surface area (Å²) in [6, 6.07) is 20.0. The number of rotatable bonds is 13. The Bertz CT molecular complexity index is 6150. The van der Waals surface area contributed by atoms with Crippen LogP contribution < -0.4 is 37.4 Å². The first-order valence-corrected chi connectivity index (χ1v) is 37.3. The second kappa shape index (κ2) is 42.2. The summed E-state index contributed by atoms with van der Waals surface area (Å²) in [5.41, 5.74) is 13.3. The van der Waals surface area contributed by atoms with Crippen molar-refractivity contribution in [1.29, 1.82) is 0 Å². The number of pyridine rings is 12. The van der Waals surface area contributed by atoms with E-state index in [4.69, 9.17) is 82.7 Å². The van der Waals surface area contributed by atoms with Crippen molar-refractivity contribution < 1.29 is 69.9 Å². The number of Topliss-reactive ketones (excluding diaryl/α,β-unsaturated/α-hetero) is 2. The van der Waals surface area contributed by atoms with Gasteiger partial charge in [-0.05, 0) is 140 Å². The summed E-state index contributed by atoms with van der Waals surface area (Å²) in [6.45, 7) is 23.2. The molecule has 120 heavy (non-hydrogen) atoms. The van der Waals surface area contributed by atoms with Crippen molar-refractivity contribution in [3.8, 4) is 45.7 Å². The SMILES string of the molecule is CC(=O)c1c(O)cc(C)n(-c2cc(Cl)ncc2C)c1=O.CC(=O)c1cc(-n2c(C)cc(OCc3ncc(F)cc3F)cc2=O)c(C)cn1.CC1=CC(=O)OC(C)(C)O1.Cc1cnc(Cl)cc1-n1c(C)cc(O)cc1=O.Cc1cnc(Cl)cc1-n1c(C)cc(OCc2ncc(F)cc2F)cc1=O.Cc1cnc(Cl)cc1N.Fc1cnc(CCl)c(F)c1. The van der Waals surface area contributed by atoms with Crippen LogP contribution in [0.1, 0.15) is 123 Å². The maximum absolute atomic E-state index is 13.7. The van der Waals surface area contributed by atoms with Crippen LogP contribution in [0.25, 0.3) is 22.7 Å². The first kappa shape index (κ1) is 94.5. The normalized spacial score (nSPS) is 11.5. The Hall–Kier alpha value is -12.6. The number of carbonyl (C=O) groups is 3. The van der Waals surface area contributed by atoms with Crippen LogP contribution in [0.5, 0.6) is 23.0 Å². The molecule has 12 aromatic rings. The zero-order valence-electron chi connectivity index (χ0n) is 66.5. The molecule has 37 heteroatoms. The Morgan fingerprint density at radius 1 is 0.442 bits per heavy atom. The number of hydrogen-bond acceptors (Lipinski definition) is 22. The largest absolute Gasteiger partial charge is 0.508 e. The summed E-state index contributed by atoms with van der Waals surface area (Å²) >= 11 is 28.4. The molecule has 0 unspecified atom stereocenters. The third-order valence-electron chi connectivity index (χ3n) is 16.5. The van der Waals surface area contributed by atoms with Crippen LogP contribution in [-0.2, 0) is 33.4 Å².